The monoisotopic (exact) mass is 406 g/mol. The Morgan fingerprint density at radius 1 is 1.07 bits per heavy atom. The van der Waals surface area contributed by atoms with Gasteiger partial charge in [-0.1, -0.05) is 41.9 Å². The number of nitriles is 1. The molecule has 4 rings (SSSR count). The van der Waals surface area contributed by atoms with Crippen LogP contribution < -0.4 is 15.8 Å². The third-order valence-corrected chi connectivity index (χ3v) is 4.40. The van der Waals surface area contributed by atoms with E-state index in [4.69, 9.17) is 27.3 Å². The van der Waals surface area contributed by atoms with Crippen LogP contribution >= 0.6 is 11.6 Å². The molecule has 0 aliphatic rings. The zero-order valence-corrected chi connectivity index (χ0v) is 15.5. The molecule has 0 saturated heterocycles. The summed E-state index contributed by atoms with van der Waals surface area (Å²) in [5, 5.41) is 13.7. The summed E-state index contributed by atoms with van der Waals surface area (Å²) in [6, 6.07) is 16.8. The second-order valence-corrected chi connectivity index (χ2v) is 6.31. The van der Waals surface area contributed by atoms with Crippen molar-refractivity contribution < 1.29 is 9.13 Å². The average molecular weight is 407 g/mol. The van der Waals surface area contributed by atoms with E-state index in [0.717, 1.165) is 16.8 Å². The van der Waals surface area contributed by atoms with Gasteiger partial charge in [0.05, 0.1) is 22.3 Å². The van der Waals surface area contributed by atoms with Crippen LogP contribution in [-0.4, -0.2) is 15.0 Å². The van der Waals surface area contributed by atoms with Crippen LogP contribution in [0.4, 0.5) is 22.0 Å². The number of anilines is 3. The molecule has 9 heteroatoms. The molecule has 0 radical (unpaired) electrons. The first kappa shape index (κ1) is 18.4. The minimum Gasteiger partial charge on any atom is -0.423 e. The van der Waals surface area contributed by atoms with Gasteiger partial charge in [-0.15, -0.1) is 0 Å². The number of halogens is 2. The molecule has 0 bridgehead atoms. The Bertz CT molecular complexity index is 1270. The third kappa shape index (κ3) is 3.85. The Hall–Kier alpha value is -3.96. The Labute approximate surface area is 169 Å². The summed E-state index contributed by atoms with van der Waals surface area (Å²) in [7, 11) is 0. The SMILES string of the molecule is N#Cc1ccc(Nc2nc(N)nc(Oc3ccc4ccccc4c3Cl)n2)c(F)c1. The normalized spacial score (nSPS) is 10.5. The van der Waals surface area contributed by atoms with Crippen molar-refractivity contribution in [2.24, 2.45) is 0 Å². The van der Waals surface area contributed by atoms with Crippen LogP contribution in [0.5, 0.6) is 11.8 Å². The lowest BCUT2D eigenvalue weighted by molar-refractivity contribution is 0.442. The van der Waals surface area contributed by atoms with Crippen molar-refractivity contribution in [1.29, 1.82) is 5.26 Å². The second kappa shape index (κ2) is 7.58. The largest absolute Gasteiger partial charge is 0.423 e. The summed E-state index contributed by atoms with van der Waals surface area (Å²) < 4.78 is 19.8. The highest BCUT2D eigenvalue weighted by Gasteiger charge is 2.13. The summed E-state index contributed by atoms with van der Waals surface area (Å²) in [6.45, 7) is 0. The predicted molar refractivity (Wildman–Crippen MR) is 108 cm³/mol. The first-order valence-electron chi connectivity index (χ1n) is 8.37. The van der Waals surface area contributed by atoms with E-state index in [0.29, 0.717) is 10.8 Å². The molecule has 1 heterocycles. The topological polar surface area (TPSA) is 110 Å². The van der Waals surface area contributed by atoms with Crippen molar-refractivity contribution in [1.82, 2.24) is 15.0 Å². The van der Waals surface area contributed by atoms with Gasteiger partial charge in [0.25, 0.3) is 0 Å². The van der Waals surface area contributed by atoms with Gasteiger partial charge in [0.15, 0.2) is 0 Å². The number of nitrogens with zero attached hydrogens (tertiary/aromatic N) is 4. The maximum Gasteiger partial charge on any atom is 0.328 e. The number of rotatable bonds is 4. The summed E-state index contributed by atoms with van der Waals surface area (Å²) in [6.07, 6.45) is 0. The first-order chi connectivity index (χ1) is 14.0. The summed E-state index contributed by atoms with van der Waals surface area (Å²) in [5.74, 6) is -0.439. The molecule has 0 aliphatic carbocycles. The Kier molecular flexibility index (Phi) is 4.81. The van der Waals surface area contributed by atoms with Crippen LogP contribution in [0.15, 0.2) is 54.6 Å². The van der Waals surface area contributed by atoms with E-state index in [2.05, 4.69) is 20.3 Å². The van der Waals surface area contributed by atoms with Gasteiger partial charge in [-0.2, -0.15) is 20.2 Å². The van der Waals surface area contributed by atoms with E-state index < -0.39 is 5.82 Å². The molecule has 3 N–H and O–H groups in total. The first-order valence-corrected chi connectivity index (χ1v) is 8.74. The molecule has 0 atom stereocenters. The number of fused-ring (bicyclic) bond motifs is 1. The Morgan fingerprint density at radius 3 is 2.69 bits per heavy atom. The molecule has 0 spiro atoms. The number of hydrogen-bond acceptors (Lipinski definition) is 7. The van der Waals surface area contributed by atoms with E-state index in [1.807, 2.05) is 36.4 Å². The lowest BCUT2D eigenvalue weighted by Crippen LogP contribution is -2.06. The van der Waals surface area contributed by atoms with E-state index in [9.17, 15) is 4.39 Å². The minimum atomic E-state index is -0.636. The Balaban J connectivity index is 1.64. The van der Waals surface area contributed by atoms with Gasteiger partial charge in [0.1, 0.15) is 11.6 Å². The molecular weight excluding hydrogens is 395 g/mol. The highest BCUT2D eigenvalue weighted by atomic mass is 35.5. The van der Waals surface area contributed by atoms with Gasteiger partial charge in [-0.05, 0) is 29.7 Å². The molecule has 142 valence electrons. The van der Waals surface area contributed by atoms with Crippen molar-refractivity contribution in [3.8, 4) is 17.8 Å². The predicted octanol–water partition coefficient (Wildman–Crippen LogP) is 4.81. The molecule has 0 aliphatic heterocycles. The molecule has 0 amide bonds. The van der Waals surface area contributed by atoms with Crippen molar-refractivity contribution in [3.05, 3.63) is 71.0 Å². The van der Waals surface area contributed by atoms with Crippen molar-refractivity contribution in [2.45, 2.75) is 0 Å². The smallest absolute Gasteiger partial charge is 0.328 e. The lowest BCUT2D eigenvalue weighted by atomic mass is 10.1. The van der Waals surface area contributed by atoms with Crippen molar-refractivity contribution in [2.75, 3.05) is 11.1 Å². The van der Waals surface area contributed by atoms with E-state index in [1.165, 1.54) is 12.1 Å². The number of ether oxygens (including phenoxy) is 1. The quantitative estimate of drug-likeness (QED) is 0.500. The fourth-order valence-corrected chi connectivity index (χ4v) is 2.94. The van der Waals surface area contributed by atoms with Gasteiger partial charge < -0.3 is 15.8 Å². The van der Waals surface area contributed by atoms with Crippen LogP contribution in [-0.2, 0) is 0 Å². The van der Waals surface area contributed by atoms with E-state index in [-0.39, 0.29) is 29.2 Å². The zero-order valence-electron chi connectivity index (χ0n) is 14.7. The fourth-order valence-electron chi connectivity index (χ4n) is 2.67. The molecule has 0 saturated carbocycles. The lowest BCUT2D eigenvalue weighted by Gasteiger charge is -2.10. The molecule has 1 aromatic heterocycles. The van der Waals surface area contributed by atoms with Gasteiger partial charge >= 0.3 is 6.01 Å². The second-order valence-electron chi connectivity index (χ2n) is 5.93. The van der Waals surface area contributed by atoms with Gasteiger partial charge in [-0.3, -0.25) is 0 Å². The maximum atomic E-state index is 14.1. The number of nitrogens with two attached hydrogens (primary N) is 1. The number of aromatic nitrogens is 3. The molecule has 0 fully saturated rings. The number of nitrogens with one attached hydrogen (secondary N) is 1. The van der Waals surface area contributed by atoms with Crippen LogP contribution in [0, 0.1) is 17.1 Å². The van der Waals surface area contributed by atoms with Crippen LogP contribution in [0.3, 0.4) is 0 Å². The van der Waals surface area contributed by atoms with Crippen LogP contribution in [0.1, 0.15) is 5.56 Å². The summed E-state index contributed by atoms with van der Waals surface area (Å²) in [5.41, 5.74) is 5.99. The van der Waals surface area contributed by atoms with Gasteiger partial charge in [0, 0.05) is 5.39 Å². The van der Waals surface area contributed by atoms with Crippen LogP contribution in [0.25, 0.3) is 10.8 Å². The fraction of sp³-hybridized carbons (Fsp3) is 0. The standard InChI is InChI=1S/C20H12ClFN6O/c21-17-13-4-2-1-3-12(13)6-8-16(17)29-20-27-18(24)26-19(28-20)25-15-7-5-11(10-23)9-14(15)22/h1-9H,(H3,24,25,26,27,28). The number of benzene rings is 3. The highest BCUT2D eigenvalue weighted by molar-refractivity contribution is 6.37. The zero-order chi connectivity index (χ0) is 20.4. The molecule has 0 unspecified atom stereocenters. The molecular formula is C20H12ClFN6O. The van der Waals surface area contributed by atoms with E-state index in [1.54, 1.807) is 6.07 Å². The van der Waals surface area contributed by atoms with Gasteiger partial charge in [0.2, 0.25) is 11.9 Å². The van der Waals surface area contributed by atoms with Crippen molar-refractivity contribution >= 4 is 40.0 Å². The minimum absolute atomic E-state index is 0.0204. The van der Waals surface area contributed by atoms with Gasteiger partial charge in [-0.25, -0.2) is 4.39 Å². The maximum absolute atomic E-state index is 14.1. The highest BCUT2D eigenvalue weighted by Crippen LogP contribution is 2.35. The average Bonchev–Trinajstić information content (AvgIpc) is 2.71. The number of nitrogen functional groups attached to an aromatic ring is 1. The summed E-state index contributed by atoms with van der Waals surface area (Å²) in [4.78, 5) is 12.0. The molecule has 7 nitrogen and oxygen atoms in total. The Morgan fingerprint density at radius 2 is 1.90 bits per heavy atom. The van der Waals surface area contributed by atoms with Crippen LogP contribution in [0.2, 0.25) is 5.02 Å². The van der Waals surface area contributed by atoms with Crippen molar-refractivity contribution in [3.63, 3.8) is 0 Å². The summed E-state index contributed by atoms with van der Waals surface area (Å²) >= 11 is 6.43. The molecule has 29 heavy (non-hydrogen) atoms. The molecule has 3 aromatic carbocycles. The molecule has 4 aromatic rings. The number of hydrogen-bond donors (Lipinski definition) is 2. The van der Waals surface area contributed by atoms with E-state index >= 15 is 0 Å². The third-order valence-electron chi connectivity index (χ3n) is 4.01.